The summed E-state index contributed by atoms with van der Waals surface area (Å²) in [5.41, 5.74) is 1.95. The van der Waals surface area contributed by atoms with Crippen molar-refractivity contribution in [2.75, 3.05) is 0 Å². The summed E-state index contributed by atoms with van der Waals surface area (Å²) in [5.74, 6) is 0. The van der Waals surface area contributed by atoms with Crippen LogP contribution in [0.1, 0.15) is 30.9 Å². The lowest BCUT2D eigenvalue weighted by Gasteiger charge is -2.30. The van der Waals surface area contributed by atoms with Gasteiger partial charge in [-0.3, -0.25) is 5.26 Å². The molecule has 0 saturated heterocycles. The van der Waals surface area contributed by atoms with Gasteiger partial charge in [0, 0.05) is 6.42 Å². The van der Waals surface area contributed by atoms with Gasteiger partial charge in [-0.2, -0.15) is 0 Å². The summed E-state index contributed by atoms with van der Waals surface area (Å²) in [6.07, 6.45) is 6.59. The Kier molecular flexibility index (Phi) is 2.89. The number of fused-ring (bicyclic) bond motifs is 1. The molecule has 0 spiro atoms. The Bertz CT molecular complexity index is 371. The molecule has 1 N–H and O–H groups in total. The highest BCUT2D eigenvalue weighted by atomic mass is 17.1. The van der Waals surface area contributed by atoms with Gasteiger partial charge in [-0.05, 0) is 23.6 Å². The van der Waals surface area contributed by atoms with Crippen LogP contribution in [0.15, 0.2) is 30.3 Å². The van der Waals surface area contributed by atoms with Gasteiger partial charge in [0.15, 0.2) is 0 Å². The summed E-state index contributed by atoms with van der Waals surface area (Å²) < 4.78 is 0. The Hall–Kier alpha value is -1.12. The van der Waals surface area contributed by atoms with Gasteiger partial charge in [-0.15, -0.1) is 0 Å². The van der Waals surface area contributed by atoms with Gasteiger partial charge < -0.3 is 0 Å². The van der Waals surface area contributed by atoms with Crippen LogP contribution < -0.4 is 0 Å². The molecule has 0 bridgehead atoms. The average molecular weight is 204 g/mol. The zero-order valence-electron chi connectivity index (χ0n) is 8.94. The molecule has 1 unspecified atom stereocenters. The minimum Gasteiger partial charge on any atom is -0.251 e. The summed E-state index contributed by atoms with van der Waals surface area (Å²) in [6, 6.07) is 8.21. The van der Waals surface area contributed by atoms with Crippen LogP contribution in [-0.2, 0) is 11.3 Å². The molecular weight excluding hydrogens is 188 g/mol. The highest BCUT2D eigenvalue weighted by molar-refractivity contribution is 5.58. The SMILES string of the molecule is CCCC1(OO)C=Cc2ccccc2C1. The first kappa shape index (κ1) is 10.4. The summed E-state index contributed by atoms with van der Waals surface area (Å²) in [4.78, 5) is 4.69. The predicted octanol–water partition coefficient (Wildman–Crippen LogP) is 3.28. The molecule has 1 aromatic carbocycles. The number of benzene rings is 1. The minimum atomic E-state index is -0.511. The Balaban J connectivity index is 2.30. The van der Waals surface area contributed by atoms with Gasteiger partial charge in [-0.25, -0.2) is 4.89 Å². The van der Waals surface area contributed by atoms with Crippen molar-refractivity contribution >= 4 is 6.08 Å². The zero-order chi connectivity index (χ0) is 10.7. The van der Waals surface area contributed by atoms with E-state index in [1.807, 2.05) is 24.3 Å². The Morgan fingerprint density at radius 1 is 1.40 bits per heavy atom. The Morgan fingerprint density at radius 3 is 2.93 bits per heavy atom. The van der Waals surface area contributed by atoms with E-state index in [9.17, 15) is 0 Å². The maximum atomic E-state index is 9.05. The van der Waals surface area contributed by atoms with Crippen molar-refractivity contribution in [1.29, 1.82) is 0 Å². The van der Waals surface area contributed by atoms with Crippen LogP contribution in [0.2, 0.25) is 0 Å². The summed E-state index contributed by atoms with van der Waals surface area (Å²) in [5, 5.41) is 9.05. The molecule has 0 heterocycles. The number of rotatable bonds is 3. The van der Waals surface area contributed by atoms with Crippen LogP contribution in [0, 0.1) is 0 Å². The fourth-order valence-electron chi connectivity index (χ4n) is 2.18. The molecule has 1 aromatic rings. The highest BCUT2D eigenvalue weighted by Crippen LogP contribution is 2.31. The molecule has 2 nitrogen and oxygen atoms in total. The van der Waals surface area contributed by atoms with Crippen molar-refractivity contribution in [2.24, 2.45) is 0 Å². The molecule has 0 saturated carbocycles. The Morgan fingerprint density at radius 2 is 2.20 bits per heavy atom. The molecule has 0 amide bonds. The molecule has 0 aliphatic heterocycles. The molecule has 15 heavy (non-hydrogen) atoms. The Labute approximate surface area is 90.1 Å². The molecule has 2 rings (SSSR count). The first-order valence-corrected chi connectivity index (χ1v) is 5.39. The second-order valence-electron chi connectivity index (χ2n) is 4.11. The summed E-state index contributed by atoms with van der Waals surface area (Å²) >= 11 is 0. The lowest BCUT2D eigenvalue weighted by molar-refractivity contribution is -0.309. The van der Waals surface area contributed by atoms with Crippen LogP contribution in [0.4, 0.5) is 0 Å². The smallest absolute Gasteiger partial charge is 0.126 e. The summed E-state index contributed by atoms with van der Waals surface area (Å²) in [7, 11) is 0. The van der Waals surface area contributed by atoms with Crippen LogP contribution in [0.25, 0.3) is 6.08 Å². The van der Waals surface area contributed by atoms with Gasteiger partial charge in [0.05, 0.1) is 0 Å². The van der Waals surface area contributed by atoms with Gasteiger partial charge in [0.1, 0.15) is 5.60 Å². The monoisotopic (exact) mass is 204 g/mol. The maximum absolute atomic E-state index is 9.05. The van der Waals surface area contributed by atoms with E-state index in [1.54, 1.807) is 0 Å². The van der Waals surface area contributed by atoms with E-state index < -0.39 is 5.60 Å². The van der Waals surface area contributed by atoms with Gasteiger partial charge in [-0.1, -0.05) is 43.7 Å². The maximum Gasteiger partial charge on any atom is 0.126 e. The van der Waals surface area contributed by atoms with Crippen LogP contribution in [0.5, 0.6) is 0 Å². The first-order valence-electron chi connectivity index (χ1n) is 5.39. The van der Waals surface area contributed by atoms with Gasteiger partial charge in [0.25, 0.3) is 0 Å². The topological polar surface area (TPSA) is 29.5 Å². The molecule has 1 aliphatic rings. The second kappa shape index (κ2) is 4.17. The highest BCUT2D eigenvalue weighted by Gasteiger charge is 2.31. The molecule has 2 heteroatoms. The third-order valence-electron chi connectivity index (χ3n) is 2.97. The molecule has 0 radical (unpaired) electrons. The van der Waals surface area contributed by atoms with E-state index in [0.29, 0.717) is 0 Å². The predicted molar refractivity (Wildman–Crippen MR) is 60.5 cm³/mol. The van der Waals surface area contributed by atoms with E-state index in [-0.39, 0.29) is 0 Å². The molecule has 0 fully saturated rings. The van der Waals surface area contributed by atoms with Crippen LogP contribution in [0.3, 0.4) is 0 Å². The van der Waals surface area contributed by atoms with Crippen molar-refractivity contribution in [3.05, 3.63) is 41.5 Å². The van der Waals surface area contributed by atoms with E-state index in [0.717, 1.165) is 19.3 Å². The molecule has 80 valence electrons. The molecular formula is C13H16O2. The minimum absolute atomic E-state index is 0.511. The third-order valence-corrected chi connectivity index (χ3v) is 2.97. The third kappa shape index (κ3) is 1.96. The molecule has 1 aliphatic carbocycles. The standard InChI is InChI=1S/C13H16O2/c1-2-8-13(15-14)9-7-11-5-3-4-6-12(11)10-13/h3-7,9,14H,2,8,10H2,1H3. The largest absolute Gasteiger partial charge is 0.251 e. The van der Waals surface area contributed by atoms with E-state index in [1.165, 1.54) is 11.1 Å². The lowest BCUT2D eigenvalue weighted by atomic mass is 9.83. The van der Waals surface area contributed by atoms with E-state index in [2.05, 4.69) is 23.9 Å². The van der Waals surface area contributed by atoms with Crippen molar-refractivity contribution < 1.29 is 10.1 Å². The normalized spacial score (nSPS) is 23.9. The molecule has 0 aromatic heterocycles. The number of hydrogen-bond acceptors (Lipinski definition) is 2. The number of hydrogen-bond donors (Lipinski definition) is 1. The van der Waals surface area contributed by atoms with E-state index in [4.69, 9.17) is 5.26 Å². The van der Waals surface area contributed by atoms with Crippen molar-refractivity contribution in [2.45, 2.75) is 31.8 Å². The zero-order valence-corrected chi connectivity index (χ0v) is 8.94. The van der Waals surface area contributed by atoms with Crippen molar-refractivity contribution in [3.63, 3.8) is 0 Å². The van der Waals surface area contributed by atoms with Crippen LogP contribution >= 0.6 is 0 Å². The average Bonchev–Trinajstić information content (AvgIpc) is 2.29. The van der Waals surface area contributed by atoms with Gasteiger partial charge >= 0.3 is 0 Å². The van der Waals surface area contributed by atoms with Crippen LogP contribution in [-0.4, -0.2) is 10.9 Å². The second-order valence-corrected chi connectivity index (χ2v) is 4.11. The van der Waals surface area contributed by atoms with Gasteiger partial charge in [0.2, 0.25) is 0 Å². The molecule has 1 atom stereocenters. The van der Waals surface area contributed by atoms with E-state index >= 15 is 0 Å². The fraction of sp³-hybridized carbons (Fsp3) is 0.385. The quantitative estimate of drug-likeness (QED) is 0.604. The lowest BCUT2D eigenvalue weighted by Crippen LogP contribution is -2.33. The van der Waals surface area contributed by atoms with Crippen molar-refractivity contribution in [1.82, 2.24) is 0 Å². The fourth-order valence-corrected chi connectivity index (χ4v) is 2.18. The van der Waals surface area contributed by atoms with Crippen molar-refractivity contribution in [3.8, 4) is 0 Å². The summed E-state index contributed by atoms with van der Waals surface area (Å²) in [6.45, 7) is 2.09. The first-order chi connectivity index (χ1) is 7.29.